The van der Waals surface area contributed by atoms with Gasteiger partial charge in [0, 0.05) is 13.1 Å². The number of rotatable bonds is 4. The number of aromatic carboxylic acids is 1. The van der Waals surface area contributed by atoms with E-state index >= 15 is 0 Å². The number of nitrogens with zero attached hydrogens (tertiary/aromatic N) is 2. The number of aromatic nitrogens is 2. The van der Waals surface area contributed by atoms with E-state index in [1.54, 1.807) is 14.0 Å². The van der Waals surface area contributed by atoms with Gasteiger partial charge in [-0.3, -0.25) is 9.40 Å². The van der Waals surface area contributed by atoms with E-state index in [0.717, 1.165) is 18.2 Å². The minimum Gasteiger partial charge on any atom is -0.507 e. The molecule has 21 heavy (non-hydrogen) atoms. The number of aryl methyl sites for hydroxylation is 2. The highest BCUT2D eigenvalue weighted by Crippen LogP contribution is 2.23. The van der Waals surface area contributed by atoms with Crippen LogP contribution in [0.3, 0.4) is 0 Å². The molecule has 0 unspecified atom stereocenters. The van der Waals surface area contributed by atoms with Crippen molar-refractivity contribution in [3.63, 3.8) is 0 Å². The average Bonchev–Trinajstić information content (AvgIpc) is 2.66. The van der Waals surface area contributed by atoms with Crippen molar-refractivity contribution in [1.82, 2.24) is 9.78 Å². The molecule has 8 nitrogen and oxygen atoms in total. The van der Waals surface area contributed by atoms with Crippen molar-refractivity contribution in [1.29, 1.82) is 0 Å². The number of anilines is 1. The molecular formula is C12H13N3O5S. The maximum absolute atomic E-state index is 12.2. The number of phenols is 1. The highest BCUT2D eigenvalue weighted by atomic mass is 32.2. The molecule has 0 spiro atoms. The summed E-state index contributed by atoms with van der Waals surface area (Å²) in [5, 5.41) is 22.3. The van der Waals surface area contributed by atoms with Gasteiger partial charge in [0.25, 0.3) is 10.0 Å². The van der Waals surface area contributed by atoms with Crippen molar-refractivity contribution in [2.75, 3.05) is 4.72 Å². The summed E-state index contributed by atoms with van der Waals surface area (Å²) in [6.07, 6.45) is 0. The smallest absolute Gasteiger partial charge is 0.339 e. The summed E-state index contributed by atoms with van der Waals surface area (Å²) in [5.41, 5.74) is 0.145. The van der Waals surface area contributed by atoms with Gasteiger partial charge in [-0.15, -0.1) is 0 Å². The number of carbonyl (C=O) groups is 1. The van der Waals surface area contributed by atoms with E-state index in [2.05, 4.69) is 9.82 Å². The molecule has 2 aromatic rings. The standard InChI is InChI=1S/C12H13N3O5S/c1-7-5-11(15(2)13-7)14-21(19,20)8-3-4-10(16)9(6-8)12(17)18/h3-6,14,16H,1-2H3,(H,17,18). The van der Waals surface area contributed by atoms with Gasteiger partial charge in [0.2, 0.25) is 0 Å². The fraction of sp³-hybridized carbons (Fsp3) is 0.167. The second-order valence-corrected chi connectivity index (χ2v) is 6.07. The topological polar surface area (TPSA) is 122 Å². The highest BCUT2D eigenvalue weighted by molar-refractivity contribution is 7.92. The number of aromatic hydroxyl groups is 1. The second kappa shape index (κ2) is 5.09. The van der Waals surface area contributed by atoms with Crippen LogP contribution in [0.4, 0.5) is 5.82 Å². The molecule has 0 aliphatic heterocycles. The second-order valence-electron chi connectivity index (χ2n) is 4.38. The Morgan fingerprint density at radius 1 is 1.33 bits per heavy atom. The summed E-state index contributed by atoms with van der Waals surface area (Å²) in [4.78, 5) is 10.7. The van der Waals surface area contributed by atoms with E-state index in [9.17, 15) is 18.3 Å². The summed E-state index contributed by atoms with van der Waals surface area (Å²) in [6, 6.07) is 4.57. The lowest BCUT2D eigenvalue weighted by molar-refractivity contribution is 0.0693. The molecule has 0 saturated carbocycles. The van der Waals surface area contributed by atoms with Gasteiger partial charge in [0.15, 0.2) is 0 Å². The molecule has 112 valence electrons. The fourth-order valence-electron chi connectivity index (χ4n) is 1.76. The normalized spacial score (nSPS) is 11.3. The monoisotopic (exact) mass is 311 g/mol. The molecule has 0 aliphatic carbocycles. The summed E-state index contributed by atoms with van der Waals surface area (Å²) in [7, 11) is -2.41. The van der Waals surface area contributed by atoms with Crippen LogP contribution in [0.15, 0.2) is 29.2 Å². The minimum atomic E-state index is -3.98. The van der Waals surface area contributed by atoms with Crippen molar-refractivity contribution in [3.8, 4) is 5.75 Å². The van der Waals surface area contributed by atoms with Crippen molar-refractivity contribution < 1.29 is 23.4 Å². The van der Waals surface area contributed by atoms with Crippen molar-refractivity contribution in [2.45, 2.75) is 11.8 Å². The maximum atomic E-state index is 12.2. The lowest BCUT2D eigenvalue weighted by Gasteiger charge is -2.09. The molecular weight excluding hydrogens is 298 g/mol. The van der Waals surface area contributed by atoms with Gasteiger partial charge in [-0.25, -0.2) is 13.2 Å². The molecule has 1 aromatic heterocycles. The van der Waals surface area contributed by atoms with Gasteiger partial charge in [0.1, 0.15) is 17.1 Å². The first-order valence-electron chi connectivity index (χ1n) is 5.80. The van der Waals surface area contributed by atoms with Crippen LogP contribution >= 0.6 is 0 Å². The van der Waals surface area contributed by atoms with Crippen LogP contribution in [0, 0.1) is 6.92 Å². The maximum Gasteiger partial charge on any atom is 0.339 e. The van der Waals surface area contributed by atoms with Crippen LogP contribution in [0.25, 0.3) is 0 Å². The van der Waals surface area contributed by atoms with E-state index in [1.807, 2.05) is 0 Å². The van der Waals surface area contributed by atoms with Gasteiger partial charge in [0.05, 0.1) is 10.6 Å². The number of benzene rings is 1. The van der Waals surface area contributed by atoms with Crippen molar-refractivity contribution in [3.05, 3.63) is 35.5 Å². The molecule has 1 heterocycles. The van der Waals surface area contributed by atoms with Gasteiger partial charge < -0.3 is 10.2 Å². The molecule has 1 aromatic carbocycles. The Labute approximate surface area is 120 Å². The molecule has 0 atom stereocenters. The third-order valence-electron chi connectivity index (χ3n) is 2.75. The Kier molecular flexibility index (Phi) is 3.60. The zero-order valence-electron chi connectivity index (χ0n) is 11.2. The number of carboxylic acids is 1. The number of sulfonamides is 1. The van der Waals surface area contributed by atoms with Crippen LogP contribution in [-0.2, 0) is 17.1 Å². The van der Waals surface area contributed by atoms with E-state index in [0.29, 0.717) is 5.69 Å². The van der Waals surface area contributed by atoms with Crippen LogP contribution in [0.1, 0.15) is 16.1 Å². The number of hydrogen-bond donors (Lipinski definition) is 3. The zero-order chi connectivity index (χ0) is 15.8. The lowest BCUT2D eigenvalue weighted by atomic mass is 10.2. The van der Waals surface area contributed by atoms with E-state index in [4.69, 9.17) is 5.11 Å². The number of nitrogens with one attached hydrogen (secondary N) is 1. The van der Waals surface area contributed by atoms with E-state index in [1.165, 1.54) is 10.7 Å². The Bertz CT molecular complexity index is 810. The molecule has 0 aliphatic rings. The van der Waals surface area contributed by atoms with Crippen LogP contribution in [0.5, 0.6) is 5.75 Å². The summed E-state index contributed by atoms with van der Waals surface area (Å²) < 4.78 is 28.1. The SMILES string of the molecule is Cc1cc(NS(=O)(=O)c2ccc(O)c(C(=O)O)c2)n(C)n1. The third-order valence-corrected chi connectivity index (χ3v) is 4.10. The minimum absolute atomic E-state index is 0.248. The first-order chi connectivity index (χ1) is 9.70. The quantitative estimate of drug-likeness (QED) is 0.772. The summed E-state index contributed by atoms with van der Waals surface area (Å²) >= 11 is 0. The van der Waals surface area contributed by atoms with E-state index in [-0.39, 0.29) is 10.7 Å². The Morgan fingerprint density at radius 2 is 2.00 bits per heavy atom. The summed E-state index contributed by atoms with van der Waals surface area (Å²) in [6.45, 7) is 1.71. The van der Waals surface area contributed by atoms with Crippen LogP contribution < -0.4 is 4.72 Å². The molecule has 9 heteroatoms. The number of hydrogen-bond acceptors (Lipinski definition) is 5. The van der Waals surface area contributed by atoms with Gasteiger partial charge in [-0.2, -0.15) is 5.10 Å². The molecule has 0 bridgehead atoms. The first kappa shape index (κ1) is 14.9. The third kappa shape index (κ3) is 2.97. The van der Waals surface area contributed by atoms with Crippen molar-refractivity contribution >= 4 is 21.8 Å². The largest absolute Gasteiger partial charge is 0.507 e. The molecule has 3 N–H and O–H groups in total. The molecule has 2 rings (SSSR count). The predicted molar refractivity (Wildman–Crippen MR) is 73.8 cm³/mol. The fourth-order valence-corrected chi connectivity index (χ4v) is 2.86. The van der Waals surface area contributed by atoms with Gasteiger partial charge in [-0.1, -0.05) is 0 Å². The van der Waals surface area contributed by atoms with Gasteiger partial charge >= 0.3 is 5.97 Å². The summed E-state index contributed by atoms with van der Waals surface area (Å²) in [5.74, 6) is -1.67. The van der Waals surface area contributed by atoms with E-state index < -0.39 is 27.3 Å². The molecule has 0 radical (unpaired) electrons. The average molecular weight is 311 g/mol. The molecule has 0 saturated heterocycles. The number of carboxylic acid groups (broad SMARTS) is 1. The van der Waals surface area contributed by atoms with Crippen LogP contribution in [0.2, 0.25) is 0 Å². The highest BCUT2D eigenvalue weighted by Gasteiger charge is 2.20. The zero-order valence-corrected chi connectivity index (χ0v) is 12.0. The van der Waals surface area contributed by atoms with Gasteiger partial charge in [-0.05, 0) is 25.1 Å². The van der Waals surface area contributed by atoms with Crippen molar-refractivity contribution in [2.24, 2.45) is 7.05 Å². The Balaban J connectivity index is 2.42. The lowest BCUT2D eigenvalue weighted by Crippen LogP contribution is -2.16. The first-order valence-corrected chi connectivity index (χ1v) is 7.29. The Morgan fingerprint density at radius 3 is 2.52 bits per heavy atom. The predicted octanol–water partition coefficient (Wildman–Crippen LogP) is 0.933. The molecule has 0 fully saturated rings. The van der Waals surface area contributed by atoms with Crippen LogP contribution in [-0.4, -0.2) is 34.4 Å². The Hall–Kier alpha value is -2.55. The molecule has 0 amide bonds.